The van der Waals surface area contributed by atoms with E-state index in [1.165, 1.54) is 6.07 Å². The van der Waals surface area contributed by atoms with Gasteiger partial charge in [0.2, 0.25) is 0 Å². The van der Waals surface area contributed by atoms with Crippen LogP contribution in [0.2, 0.25) is 0 Å². The summed E-state index contributed by atoms with van der Waals surface area (Å²) in [4.78, 5) is 35.4. The van der Waals surface area contributed by atoms with Crippen LogP contribution in [0.15, 0.2) is 95.9 Å². The van der Waals surface area contributed by atoms with Gasteiger partial charge in [0, 0.05) is 43.8 Å². The Hall–Kier alpha value is -3.98. The van der Waals surface area contributed by atoms with Gasteiger partial charge in [-0.1, -0.05) is 84.9 Å². The molecule has 0 aliphatic carbocycles. The van der Waals surface area contributed by atoms with Crippen molar-refractivity contribution in [2.75, 3.05) is 0 Å². The molecule has 14 heteroatoms. The van der Waals surface area contributed by atoms with Gasteiger partial charge < -0.3 is 9.97 Å². The summed E-state index contributed by atoms with van der Waals surface area (Å²) in [5.74, 6) is 1.60. The van der Waals surface area contributed by atoms with E-state index in [1.807, 2.05) is 72.8 Å². The van der Waals surface area contributed by atoms with Gasteiger partial charge in [-0.3, -0.25) is 4.55 Å². The number of hydrogen-bond donors (Lipinski definition) is 3. The monoisotopic (exact) mass is 736 g/mol. The summed E-state index contributed by atoms with van der Waals surface area (Å²) in [5.41, 5.74) is 4.68. The number of nitrogens with one attached hydrogen (secondary N) is 2. The molecule has 2 aliphatic rings. The van der Waals surface area contributed by atoms with Gasteiger partial charge in [-0.15, -0.1) is 0 Å². The van der Waals surface area contributed by atoms with Gasteiger partial charge in [0.05, 0.1) is 0 Å². The van der Waals surface area contributed by atoms with E-state index in [2.05, 4.69) is 9.97 Å². The SMILES string of the molecule is O=S(=O)(O)c1cccc2c3nc4nc(nc5[nH]c(nc6nc(nc([nH]3)c12)-c1ccccc1-6)c1ccccc51)-c1ccccc1-4.[InH3].[NaH]. The third-order valence-electron chi connectivity index (χ3n) is 7.82. The van der Waals surface area contributed by atoms with Crippen LogP contribution in [0.1, 0.15) is 0 Å². The number of H-pyrrole nitrogens is 2. The van der Waals surface area contributed by atoms with Gasteiger partial charge in [-0.05, 0) is 6.07 Å². The molecule has 3 N–H and O–H groups in total. The van der Waals surface area contributed by atoms with Crippen molar-refractivity contribution in [1.82, 2.24) is 39.9 Å². The predicted octanol–water partition coefficient (Wildman–Crippen LogP) is 4.28. The van der Waals surface area contributed by atoms with E-state index in [4.69, 9.17) is 29.9 Å². The molecular weight excluding hydrogens is 714 g/mol. The van der Waals surface area contributed by atoms with Crippen molar-refractivity contribution in [3.63, 3.8) is 0 Å². The number of nitrogens with zero attached hydrogens (tertiary/aromatic N) is 6. The van der Waals surface area contributed by atoms with Crippen LogP contribution in [-0.4, -0.2) is 108 Å². The fourth-order valence-electron chi connectivity index (χ4n) is 5.87. The second kappa shape index (κ2) is 11.4. The molecule has 11 nitrogen and oxygen atoms in total. The molecule has 0 fully saturated rings. The van der Waals surface area contributed by atoms with Crippen LogP contribution in [0.25, 0.3) is 89.7 Å². The third kappa shape index (κ3) is 4.77. The molecule has 0 spiro atoms. The Morgan fingerprint density at radius 3 is 1.30 bits per heavy atom. The summed E-state index contributed by atoms with van der Waals surface area (Å²) in [7, 11) is -4.62. The Balaban J connectivity index is 0.00000169. The number of rotatable bonds is 1. The Morgan fingerprint density at radius 1 is 0.478 bits per heavy atom. The molecule has 7 aromatic rings. The van der Waals surface area contributed by atoms with Gasteiger partial charge in [0.25, 0.3) is 10.1 Å². The van der Waals surface area contributed by atoms with Crippen molar-refractivity contribution in [3.05, 3.63) is 91.0 Å². The number of aromatic amines is 2. The van der Waals surface area contributed by atoms with Gasteiger partial charge >= 0.3 is 55.4 Å². The molecule has 218 valence electrons. The van der Waals surface area contributed by atoms with E-state index >= 15 is 0 Å². The molecule has 5 heterocycles. The quantitative estimate of drug-likeness (QED) is 0.165. The minimum absolute atomic E-state index is 0. The maximum atomic E-state index is 12.5. The van der Waals surface area contributed by atoms with Gasteiger partial charge in [0.1, 0.15) is 27.5 Å². The van der Waals surface area contributed by atoms with E-state index in [0.29, 0.717) is 45.6 Å². The standard InChI is InChI=1S/C32H18N8O3S.In.Na.4H/c41-44(42,43)23-15-7-14-22-24(23)32-39-30-21-13-6-5-12-20(21)28(37-30)35-26-17-9-2-1-8-16(17)25(33-26)34-27-18-10-3-4-11-19(18)29(36-27)38-31(22)40-32;;;;;;/h1-15H,(H,41,42,43)(H2,33,34,35,36,37,38,39,40);;;;;;. The molecule has 0 unspecified atom stereocenters. The minimum atomic E-state index is -4.62. The summed E-state index contributed by atoms with van der Waals surface area (Å²) in [5, 5.41) is 2.36. The maximum absolute atomic E-state index is 12.5. The van der Waals surface area contributed by atoms with Crippen LogP contribution in [0.4, 0.5) is 0 Å². The van der Waals surface area contributed by atoms with Crippen LogP contribution in [0.3, 0.4) is 0 Å². The van der Waals surface area contributed by atoms with Crippen LogP contribution in [0, 0.1) is 0 Å². The molecule has 9 rings (SSSR count). The molecule has 0 radical (unpaired) electrons. The zero-order valence-electron chi connectivity index (χ0n) is 22.5. The zero-order valence-corrected chi connectivity index (χ0v) is 23.3. The molecule has 0 saturated carbocycles. The molecule has 3 aromatic heterocycles. The topological polar surface area (TPSA) is 163 Å². The summed E-state index contributed by atoms with van der Waals surface area (Å²) in [6.07, 6.45) is 0. The first-order valence-corrected chi connectivity index (χ1v) is 15.1. The third-order valence-corrected chi connectivity index (χ3v) is 8.72. The zero-order chi connectivity index (χ0) is 29.6. The van der Waals surface area contributed by atoms with Crippen LogP contribution in [-0.2, 0) is 10.1 Å². The number of aromatic nitrogens is 8. The van der Waals surface area contributed by atoms with Gasteiger partial charge in [-0.2, -0.15) is 8.42 Å². The average Bonchev–Trinajstić information content (AvgIpc) is 3.76. The molecule has 0 saturated heterocycles. The number of benzene rings is 4. The number of hydrogen-bond acceptors (Lipinski definition) is 8. The molecule has 46 heavy (non-hydrogen) atoms. The summed E-state index contributed by atoms with van der Waals surface area (Å²) in [6.45, 7) is 0. The number of fused-ring (bicyclic) bond motifs is 20. The second-order valence-electron chi connectivity index (χ2n) is 10.4. The van der Waals surface area contributed by atoms with Crippen LogP contribution < -0.4 is 0 Å². The summed E-state index contributed by atoms with van der Waals surface area (Å²) >= 11 is 0. The van der Waals surface area contributed by atoms with E-state index in [9.17, 15) is 13.0 Å². The molecule has 0 amide bonds. The summed E-state index contributed by atoms with van der Waals surface area (Å²) in [6, 6.07) is 27.6. The Kier molecular flexibility index (Phi) is 7.58. The first-order chi connectivity index (χ1) is 21.4. The van der Waals surface area contributed by atoms with Crippen LogP contribution >= 0.6 is 0 Å². The molecule has 2 aliphatic heterocycles. The predicted molar refractivity (Wildman–Crippen MR) is 183 cm³/mol. The Bertz CT molecular complexity index is 2670. The van der Waals surface area contributed by atoms with Crippen molar-refractivity contribution in [2.45, 2.75) is 4.90 Å². The van der Waals surface area contributed by atoms with Crippen molar-refractivity contribution in [3.8, 4) is 45.6 Å². The van der Waals surface area contributed by atoms with E-state index in [0.717, 1.165) is 33.0 Å². The fourth-order valence-corrected chi connectivity index (χ4v) is 6.59. The van der Waals surface area contributed by atoms with Gasteiger partial charge in [0.15, 0.2) is 23.3 Å². The van der Waals surface area contributed by atoms with Crippen molar-refractivity contribution >= 4 is 110 Å². The normalized spacial score (nSPS) is 11.8. The van der Waals surface area contributed by atoms with Gasteiger partial charge in [-0.25, -0.2) is 29.9 Å². The Morgan fingerprint density at radius 2 is 0.848 bits per heavy atom. The van der Waals surface area contributed by atoms with Crippen molar-refractivity contribution < 1.29 is 13.0 Å². The second-order valence-corrected chi connectivity index (χ2v) is 11.8. The molecular formula is C32H22InN8NaO3S. The van der Waals surface area contributed by atoms with E-state index in [1.54, 1.807) is 12.1 Å². The molecule has 8 bridgehead atoms. The van der Waals surface area contributed by atoms with Crippen LogP contribution in [0.5, 0.6) is 0 Å². The molecule has 0 atom stereocenters. The van der Waals surface area contributed by atoms with Crippen molar-refractivity contribution in [1.29, 1.82) is 0 Å². The first-order valence-electron chi connectivity index (χ1n) is 13.6. The fraction of sp³-hybridized carbons (Fsp3) is 0. The average molecular weight is 736 g/mol. The molecule has 4 aromatic carbocycles. The first kappa shape index (κ1) is 30.7. The summed E-state index contributed by atoms with van der Waals surface area (Å²) < 4.78 is 35.2. The van der Waals surface area contributed by atoms with E-state index < -0.39 is 10.1 Å². The van der Waals surface area contributed by atoms with E-state index in [-0.39, 0.29) is 71.3 Å². The van der Waals surface area contributed by atoms with Crippen molar-refractivity contribution in [2.24, 2.45) is 0 Å². The Labute approximate surface area is 301 Å².